The van der Waals surface area contributed by atoms with Crippen LogP contribution in [0.4, 0.5) is 5.69 Å². The van der Waals surface area contributed by atoms with Crippen LogP contribution in [0.5, 0.6) is 0 Å². The highest BCUT2D eigenvalue weighted by Crippen LogP contribution is 2.20. The molecule has 1 aliphatic heterocycles. The number of hydrogen-bond donors (Lipinski definition) is 1. The van der Waals surface area contributed by atoms with Crippen LogP contribution >= 0.6 is 0 Å². The van der Waals surface area contributed by atoms with Gasteiger partial charge < -0.3 is 14.7 Å². The van der Waals surface area contributed by atoms with E-state index in [0.717, 1.165) is 0 Å². The Morgan fingerprint density at radius 2 is 2.39 bits per heavy atom. The molecule has 1 amide bonds. The standard InChI is InChI=1S/C13H14N2O3/c14-7-10-2-1-3-11(6-10)15-8-12(4-5-16)18-9-13(15)17/h1-3,6,12,16H,4-5,8-9H2. The van der Waals surface area contributed by atoms with Crippen LogP contribution in [-0.4, -0.2) is 36.9 Å². The Labute approximate surface area is 105 Å². The Kier molecular flexibility index (Phi) is 3.92. The molecule has 1 unspecified atom stereocenters. The predicted octanol–water partition coefficient (Wildman–Crippen LogP) is 0.672. The van der Waals surface area contributed by atoms with E-state index < -0.39 is 0 Å². The van der Waals surface area contributed by atoms with Crippen molar-refractivity contribution in [2.75, 3.05) is 24.7 Å². The second-order valence-corrected chi connectivity index (χ2v) is 4.11. The zero-order valence-corrected chi connectivity index (χ0v) is 9.87. The molecule has 1 aromatic rings. The summed E-state index contributed by atoms with van der Waals surface area (Å²) in [5, 5.41) is 17.7. The van der Waals surface area contributed by atoms with E-state index in [4.69, 9.17) is 15.1 Å². The van der Waals surface area contributed by atoms with E-state index in [1.807, 2.05) is 6.07 Å². The van der Waals surface area contributed by atoms with Gasteiger partial charge in [0.1, 0.15) is 6.61 Å². The molecule has 94 valence electrons. The zero-order valence-electron chi connectivity index (χ0n) is 9.87. The van der Waals surface area contributed by atoms with Gasteiger partial charge in [0.15, 0.2) is 0 Å². The summed E-state index contributed by atoms with van der Waals surface area (Å²) in [6.45, 7) is 0.459. The predicted molar refractivity (Wildman–Crippen MR) is 65.0 cm³/mol. The summed E-state index contributed by atoms with van der Waals surface area (Å²) in [6, 6.07) is 8.96. The highest BCUT2D eigenvalue weighted by atomic mass is 16.5. The first-order valence-corrected chi connectivity index (χ1v) is 5.77. The van der Waals surface area contributed by atoms with Crippen molar-refractivity contribution >= 4 is 11.6 Å². The highest BCUT2D eigenvalue weighted by molar-refractivity contribution is 5.95. The number of rotatable bonds is 3. The van der Waals surface area contributed by atoms with Crippen LogP contribution in [0.1, 0.15) is 12.0 Å². The minimum atomic E-state index is -0.154. The van der Waals surface area contributed by atoms with E-state index in [-0.39, 0.29) is 25.2 Å². The molecule has 2 rings (SSSR count). The van der Waals surface area contributed by atoms with Crippen molar-refractivity contribution in [2.45, 2.75) is 12.5 Å². The first-order valence-electron chi connectivity index (χ1n) is 5.77. The average molecular weight is 246 g/mol. The number of nitriles is 1. The Hall–Kier alpha value is -1.90. The fourth-order valence-electron chi connectivity index (χ4n) is 1.94. The maximum absolute atomic E-state index is 11.8. The number of morpholine rings is 1. The highest BCUT2D eigenvalue weighted by Gasteiger charge is 2.27. The number of carbonyl (C=O) groups is 1. The number of aliphatic hydroxyl groups is 1. The molecular formula is C13H14N2O3. The van der Waals surface area contributed by atoms with E-state index in [0.29, 0.717) is 24.2 Å². The second kappa shape index (κ2) is 5.63. The first-order chi connectivity index (χ1) is 8.74. The Balaban J connectivity index is 2.19. The molecule has 18 heavy (non-hydrogen) atoms. The number of nitrogens with zero attached hydrogens (tertiary/aromatic N) is 2. The molecule has 1 fully saturated rings. The summed E-state index contributed by atoms with van der Waals surface area (Å²) < 4.78 is 5.32. The quantitative estimate of drug-likeness (QED) is 0.850. The van der Waals surface area contributed by atoms with Crippen LogP contribution in [0.3, 0.4) is 0 Å². The van der Waals surface area contributed by atoms with Gasteiger partial charge in [-0.15, -0.1) is 0 Å². The molecular weight excluding hydrogens is 232 g/mol. The van der Waals surface area contributed by atoms with E-state index in [1.54, 1.807) is 29.2 Å². The van der Waals surface area contributed by atoms with Gasteiger partial charge in [-0.05, 0) is 24.6 Å². The van der Waals surface area contributed by atoms with Gasteiger partial charge in [-0.3, -0.25) is 4.79 Å². The number of anilines is 1. The van der Waals surface area contributed by atoms with Gasteiger partial charge in [0, 0.05) is 12.3 Å². The number of aliphatic hydroxyl groups excluding tert-OH is 1. The summed E-state index contributed by atoms with van der Waals surface area (Å²) in [6.07, 6.45) is 0.347. The molecule has 5 heteroatoms. The minimum Gasteiger partial charge on any atom is -0.396 e. The zero-order chi connectivity index (χ0) is 13.0. The molecule has 0 spiro atoms. The van der Waals surface area contributed by atoms with Crippen molar-refractivity contribution in [1.82, 2.24) is 0 Å². The number of hydrogen-bond acceptors (Lipinski definition) is 4. The molecule has 1 N–H and O–H groups in total. The summed E-state index contributed by atoms with van der Waals surface area (Å²) in [7, 11) is 0. The van der Waals surface area contributed by atoms with Gasteiger partial charge in [0.2, 0.25) is 0 Å². The topological polar surface area (TPSA) is 73.6 Å². The smallest absolute Gasteiger partial charge is 0.253 e. The van der Waals surface area contributed by atoms with Crippen LogP contribution < -0.4 is 4.90 Å². The van der Waals surface area contributed by atoms with Crippen LogP contribution in [0.25, 0.3) is 0 Å². The van der Waals surface area contributed by atoms with Crippen LogP contribution in [0.2, 0.25) is 0 Å². The molecule has 1 heterocycles. The van der Waals surface area contributed by atoms with Crippen LogP contribution in [-0.2, 0) is 9.53 Å². The Bertz CT molecular complexity index is 481. The third kappa shape index (κ3) is 2.67. The van der Waals surface area contributed by atoms with Gasteiger partial charge in [-0.1, -0.05) is 6.07 Å². The van der Waals surface area contributed by atoms with Gasteiger partial charge in [-0.25, -0.2) is 0 Å². The minimum absolute atomic E-state index is 0.0153. The Morgan fingerprint density at radius 1 is 1.56 bits per heavy atom. The van der Waals surface area contributed by atoms with E-state index >= 15 is 0 Å². The first kappa shape index (κ1) is 12.6. The molecule has 0 saturated carbocycles. The normalized spacial score (nSPS) is 19.7. The molecule has 5 nitrogen and oxygen atoms in total. The Morgan fingerprint density at radius 3 is 3.11 bits per heavy atom. The molecule has 1 aromatic carbocycles. The van der Waals surface area contributed by atoms with E-state index in [9.17, 15) is 4.79 Å². The second-order valence-electron chi connectivity index (χ2n) is 4.11. The van der Waals surface area contributed by atoms with E-state index in [1.165, 1.54) is 0 Å². The lowest BCUT2D eigenvalue weighted by molar-refractivity contribution is -0.129. The maximum atomic E-state index is 11.8. The fourth-order valence-corrected chi connectivity index (χ4v) is 1.94. The fraction of sp³-hybridized carbons (Fsp3) is 0.385. The number of amides is 1. The molecule has 0 aliphatic carbocycles. The van der Waals surface area contributed by atoms with Crippen molar-refractivity contribution in [2.24, 2.45) is 0 Å². The molecule has 0 radical (unpaired) electrons. The van der Waals surface area contributed by atoms with Crippen LogP contribution in [0, 0.1) is 11.3 Å². The summed E-state index contributed by atoms with van der Waals surface area (Å²) in [5.41, 5.74) is 1.22. The number of benzene rings is 1. The largest absolute Gasteiger partial charge is 0.396 e. The van der Waals surface area contributed by atoms with Crippen molar-refractivity contribution in [3.05, 3.63) is 29.8 Å². The van der Waals surface area contributed by atoms with Gasteiger partial charge in [0.05, 0.1) is 24.3 Å². The van der Waals surface area contributed by atoms with Crippen molar-refractivity contribution in [3.63, 3.8) is 0 Å². The van der Waals surface area contributed by atoms with Crippen molar-refractivity contribution in [1.29, 1.82) is 5.26 Å². The molecule has 0 aromatic heterocycles. The van der Waals surface area contributed by atoms with Gasteiger partial charge in [0.25, 0.3) is 5.91 Å². The monoisotopic (exact) mass is 246 g/mol. The summed E-state index contributed by atoms with van der Waals surface area (Å²) in [5.74, 6) is -0.126. The maximum Gasteiger partial charge on any atom is 0.253 e. The van der Waals surface area contributed by atoms with Gasteiger partial charge >= 0.3 is 0 Å². The van der Waals surface area contributed by atoms with Crippen molar-refractivity contribution < 1.29 is 14.6 Å². The molecule has 1 saturated heterocycles. The molecule has 0 bridgehead atoms. The SMILES string of the molecule is N#Cc1cccc(N2CC(CCO)OCC2=O)c1. The van der Waals surface area contributed by atoms with Crippen LogP contribution in [0.15, 0.2) is 24.3 Å². The lowest BCUT2D eigenvalue weighted by Crippen LogP contribution is -2.47. The lowest BCUT2D eigenvalue weighted by atomic mass is 10.1. The average Bonchev–Trinajstić information content (AvgIpc) is 2.41. The number of carbonyl (C=O) groups excluding carboxylic acids is 1. The molecule has 1 aliphatic rings. The van der Waals surface area contributed by atoms with E-state index in [2.05, 4.69) is 0 Å². The number of ether oxygens (including phenoxy) is 1. The van der Waals surface area contributed by atoms with Gasteiger partial charge in [-0.2, -0.15) is 5.26 Å². The molecule has 1 atom stereocenters. The summed E-state index contributed by atoms with van der Waals surface area (Å²) >= 11 is 0. The summed E-state index contributed by atoms with van der Waals surface area (Å²) in [4.78, 5) is 13.4. The third-order valence-electron chi connectivity index (χ3n) is 2.87. The van der Waals surface area contributed by atoms with Crippen molar-refractivity contribution in [3.8, 4) is 6.07 Å². The third-order valence-corrected chi connectivity index (χ3v) is 2.87. The lowest BCUT2D eigenvalue weighted by Gasteiger charge is -2.32.